The van der Waals surface area contributed by atoms with Gasteiger partial charge in [-0.2, -0.15) is 0 Å². The van der Waals surface area contributed by atoms with Crippen LogP contribution < -0.4 is 10.5 Å². The molecule has 28 heavy (non-hydrogen) atoms. The van der Waals surface area contributed by atoms with E-state index in [-0.39, 0.29) is 24.8 Å². The van der Waals surface area contributed by atoms with E-state index >= 15 is 0 Å². The number of nitrogens with two attached hydrogens (primary N) is 1. The molecule has 3 rings (SSSR count). The second-order valence-electron chi connectivity index (χ2n) is 6.59. The number of benzene rings is 2. The first kappa shape index (κ1) is 19.4. The highest BCUT2D eigenvalue weighted by molar-refractivity contribution is 5.78. The lowest BCUT2D eigenvalue weighted by molar-refractivity contribution is -0.132. The smallest absolute Gasteiger partial charge is 0.260 e. The number of primary amides is 1. The van der Waals surface area contributed by atoms with Crippen molar-refractivity contribution in [3.8, 4) is 5.75 Å². The molecule has 0 atom stereocenters. The molecule has 0 aliphatic heterocycles. The molecule has 7 heteroatoms. The maximum Gasteiger partial charge on any atom is 0.260 e. The third kappa shape index (κ3) is 4.49. The fraction of sp³-hybridized carbons (Fsp3) is 0.286. The largest absolute Gasteiger partial charge is 0.484 e. The van der Waals surface area contributed by atoms with Crippen LogP contribution in [0.15, 0.2) is 48.5 Å². The van der Waals surface area contributed by atoms with Crippen LogP contribution in [0.1, 0.15) is 18.3 Å². The van der Waals surface area contributed by atoms with Crippen LogP contribution in [0.4, 0.5) is 0 Å². The maximum atomic E-state index is 12.5. The highest BCUT2D eigenvalue weighted by Gasteiger charge is 2.15. The van der Waals surface area contributed by atoms with Crippen molar-refractivity contribution in [2.45, 2.75) is 26.4 Å². The number of nitrogens with zero attached hydrogens (tertiary/aromatic N) is 3. The first-order chi connectivity index (χ1) is 13.5. The number of hydrogen-bond donors (Lipinski definition) is 1. The average Bonchev–Trinajstić information content (AvgIpc) is 3.03. The standard InChI is InChI=1S/C21H24N4O3/c1-3-25-18-7-5-4-6-17(18)23-20(25)13-24(2)21(27)14-28-16-10-8-15(9-11-16)12-19(22)26/h4-11H,3,12-14H2,1-2H3,(H2,22,26). The molecule has 0 saturated carbocycles. The van der Waals surface area contributed by atoms with Gasteiger partial charge in [-0.05, 0) is 36.8 Å². The highest BCUT2D eigenvalue weighted by Crippen LogP contribution is 2.17. The van der Waals surface area contributed by atoms with Crippen LogP contribution in [0, 0.1) is 0 Å². The molecule has 1 heterocycles. The van der Waals surface area contributed by atoms with Gasteiger partial charge in [-0.3, -0.25) is 9.59 Å². The quantitative estimate of drug-likeness (QED) is 0.648. The third-order valence-corrected chi connectivity index (χ3v) is 4.52. The summed E-state index contributed by atoms with van der Waals surface area (Å²) >= 11 is 0. The maximum absolute atomic E-state index is 12.5. The van der Waals surface area contributed by atoms with Gasteiger partial charge in [0.25, 0.3) is 5.91 Å². The number of carbonyl (C=O) groups is 2. The molecule has 0 aliphatic carbocycles. The van der Waals surface area contributed by atoms with Gasteiger partial charge < -0.3 is 19.9 Å². The number of imidazole rings is 1. The Morgan fingerprint density at radius 2 is 1.86 bits per heavy atom. The fourth-order valence-electron chi connectivity index (χ4n) is 3.06. The number of amides is 2. The van der Waals surface area contributed by atoms with E-state index in [1.165, 1.54) is 0 Å². The molecule has 2 N–H and O–H groups in total. The molecule has 2 amide bonds. The lowest BCUT2D eigenvalue weighted by Gasteiger charge is -2.18. The second kappa shape index (κ2) is 8.56. The second-order valence-corrected chi connectivity index (χ2v) is 6.59. The Balaban J connectivity index is 1.60. The van der Waals surface area contributed by atoms with Crippen molar-refractivity contribution in [1.82, 2.24) is 14.5 Å². The van der Waals surface area contributed by atoms with Crippen molar-refractivity contribution in [2.75, 3.05) is 13.7 Å². The first-order valence-electron chi connectivity index (χ1n) is 9.16. The number of rotatable bonds is 8. The van der Waals surface area contributed by atoms with E-state index in [1.807, 2.05) is 24.3 Å². The van der Waals surface area contributed by atoms with Crippen molar-refractivity contribution < 1.29 is 14.3 Å². The Kier molecular flexibility index (Phi) is 5.93. The number of likely N-dealkylation sites (N-methyl/N-ethyl adjacent to an activating group) is 1. The average molecular weight is 380 g/mol. The third-order valence-electron chi connectivity index (χ3n) is 4.52. The predicted molar refractivity (Wildman–Crippen MR) is 107 cm³/mol. The van der Waals surface area contributed by atoms with E-state index in [0.29, 0.717) is 12.3 Å². The van der Waals surface area contributed by atoms with Crippen LogP contribution in [-0.2, 0) is 29.1 Å². The van der Waals surface area contributed by atoms with Crippen LogP contribution in [-0.4, -0.2) is 39.9 Å². The summed E-state index contributed by atoms with van der Waals surface area (Å²) in [5.74, 6) is 0.880. The minimum atomic E-state index is -0.386. The van der Waals surface area contributed by atoms with Gasteiger partial charge in [-0.1, -0.05) is 24.3 Å². The summed E-state index contributed by atoms with van der Waals surface area (Å²) in [5, 5.41) is 0. The Hall–Kier alpha value is -3.35. The fourth-order valence-corrected chi connectivity index (χ4v) is 3.06. The predicted octanol–water partition coefficient (Wildman–Crippen LogP) is 2.12. The molecule has 146 valence electrons. The summed E-state index contributed by atoms with van der Waals surface area (Å²) in [7, 11) is 1.74. The topological polar surface area (TPSA) is 90.5 Å². The van der Waals surface area contributed by atoms with E-state index in [1.54, 1.807) is 36.2 Å². The van der Waals surface area contributed by atoms with E-state index < -0.39 is 0 Å². The van der Waals surface area contributed by atoms with Gasteiger partial charge >= 0.3 is 0 Å². The van der Waals surface area contributed by atoms with Crippen LogP contribution >= 0.6 is 0 Å². The number of carbonyl (C=O) groups excluding carboxylic acids is 2. The molecule has 0 fully saturated rings. The molecule has 2 aromatic carbocycles. The molecular formula is C21H24N4O3. The summed E-state index contributed by atoms with van der Waals surface area (Å²) in [6, 6.07) is 14.9. The zero-order valence-corrected chi connectivity index (χ0v) is 16.1. The van der Waals surface area contributed by atoms with Crippen molar-refractivity contribution in [1.29, 1.82) is 0 Å². The summed E-state index contributed by atoms with van der Waals surface area (Å²) < 4.78 is 7.68. The summed E-state index contributed by atoms with van der Waals surface area (Å²) in [6.45, 7) is 3.18. The number of hydrogen-bond acceptors (Lipinski definition) is 4. The van der Waals surface area contributed by atoms with Crippen molar-refractivity contribution in [3.63, 3.8) is 0 Å². The van der Waals surface area contributed by atoms with Gasteiger partial charge in [-0.15, -0.1) is 0 Å². The van der Waals surface area contributed by atoms with E-state index in [4.69, 9.17) is 10.5 Å². The van der Waals surface area contributed by atoms with Gasteiger partial charge in [0.1, 0.15) is 11.6 Å². The lowest BCUT2D eigenvalue weighted by atomic mass is 10.1. The molecule has 7 nitrogen and oxygen atoms in total. The molecule has 0 spiro atoms. The van der Waals surface area contributed by atoms with Crippen LogP contribution in [0.3, 0.4) is 0 Å². The van der Waals surface area contributed by atoms with E-state index in [2.05, 4.69) is 16.5 Å². The number of fused-ring (bicyclic) bond motifs is 1. The molecule has 3 aromatic rings. The minimum Gasteiger partial charge on any atom is -0.484 e. The monoisotopic (exact) mass is 380 g/mol. The Morgan fingerprint density at radius 3 is 2.54 bits per heavy atom. The zero-order chi connectivity index (χ0) is 20.1. The molecule has 0 unspecified atom stereocenters. The van der Waals surface area contributed by atoms with Crippen molar-refractivity contribution >= 4 is 22.8 Å². The number of aromatic nitrogens is 2. The van der Waals surface area contributed by atoms with Crippen LogP contribution in [0.25, 0.3) is 11.0 Å². The summed E-state index contributed by atoms with van der Waals surface area (Å²) in [4.78, 5) is 29.6. The van der Waals surface area contributed by atoms with Crippen molar-refractivity contribution in [2.24, 2.45) is 5.73 Å². The number of aryl methyl sites for hydroxylation is 1. The molecule has 0 aliphatic rings. The normalized spacial score (nSPS) is 10.8. The van der Waals surface area contributed by atoms with Gasteiger partial charge in [0, 0.05) is 13.6 Å². The van der Waals surface area contributed by atoms with E-state index in [9.17, 15) is 9.59 Å². The number of para-hydroxylation sites is 2. The highest BCUT2D eigenvalue weighted by atomic mass is 16.5. The van der Waals surface area contributed by atoms with Gasteiger partial charge in [0.15, 0.2) is 6.61 Å². The molecule has 0 saturated heterocycles. The molecule has 0 bridgehead atoms. The molecule has 0 radical (unpaired) electrons. The zero-order valence-electron chi connectivity index (χ0n) is 16.1. The summed E-state index contributed by atoms with van der Waals surface area (Å²) in [6.07, 6.45) is 0.181. The lowest BCUT2D eigenvalue weighted by Crippen LogP contribution is -2.32. The van der Waals surface area contributed by atoms with Gasteiger partial charge in [0.05, 0.1) is 24.0 Å². The van der Waals surface area contributed by atoms with Gasteiger partial charge in [-0.25, -0.2) is 4.98 Å². The molecule has 1 aromatic heterocycles. The van der Waals surface area contributed by atoms with Gasteiger partial charge in [0.2, 0.25) is 5.91 Å². The summed E-state index contributed by atoms with van der Waals surface area (Å²) in [5.41, 5.74) is 7.97. The SMILES string of the molecule is CCn1c(CN(C)C(=O)COc2ccc(CC(N)=O)cc2)nc2ccccc21. The van der Waals surface area contributed by atoms with Crippen LogP contribution in [0.5, 0.6) is 5.75 Å². The number of ether oxygens (including phenoxy) is 1. The Bertz CT molecular complexity index is 979. The van der Waals surface area contributed by atoms with Crippen molar-refractivity contribution in [3.05, 3.63) is 59.9 Å². The van der Waals surface area contributed by atoms with Crippen LogP contribution in [0.2, 0.25) is 0 Å². The van der Waals surface area contributed by atoms with E-state index in [0.717, 1.165) is 29.0 Å². The Labute approximate surface area is 163 Å². The first-order valence-corrected chi connectivity index (χ1v) is 9.16. The molecular weight excluding hydrogens is 356 g/mol. The minimum absolute atomic E-state index is 0.0714. The Morgan fingerprint density at radius 1 is 1.14 bits per heavy atom.